The molecule has 0 aliphatic heterocycles. The molecule has 0 bridgehead atoms. The molecule has 0 aromatic carbocycles. The number of hydrogen-bond acceptors (Lipinski definition) is 6. The van der Waals surface area contributed by atoms with Crippen molar-refractivity contribution in [1.82, 2.24) is 15.0 Å². The highest BCUT2D eigenvalue weighted by Crippen LogP contribution is 1.94. The van der Waals surface area contributed by atoms with Crippen molar-refractivity contribution in [2.45, 2.75) is 6.92 Å². The van der Waals surface area contributed by atoms with Gasteiger partial charge in [-0.2, -0.15) is 4.98 Å². The van der Waals surface area contributed by atoms with Crippen LogP contribution in [0, 0.1) is 9.54 Å². The summed E-state index contributed by atoms with van der Waals surface area (Å²) in [6.45, 7) is 2.06. The van der Waals surface area contributed by atoms with Crippen molar-refractivity contribution in [2.24, 2.45) is 0 Å². The predicted molar refractivity (Wildman–Crippen MR) is 59.7 cm³/mol. The summed E-state index contributed by atoms with van der Waals surface area (Å²) in [5, 5.41) is 2.88. The maximum absolute atomic E-state index is 10.5. The summed E-state index contributed by atoms with van der Waals surface area (Å²) in [6.07, 6.45) is 0. The van der Waals surface area contributed by atoms with Gasteiger partial charge in [-0.25, -0.2) is 0 Å². The number of aromatic amines is 2. The van der Waals surface area contributed by atoms with E-state index in [0.29, 0.717) is 22.0 Å². The molecule has 1 aromatic heterocycles. The largest absolute Gasteiger partial charge is 0.464 e. The average Bonchev–Trinajstić information content (AvgIpc) is 2.10. The molecule has 82 valence electrons. The van der Waals surface area contributed by atoms with Gasteiger partial charge in [-0.1, -0.05) is 0 Å². The second-order valence-corrected chi connectivity index (χ2v) is 3.41. The van der Waals surface area contributed by atoms with Gasteiger partial charge in [-0.15, -0.1) is 0 Å². The molecule has 1 aromatic rings. The Bertz CT molecular complexity index is 425. The minimum Gasteiger partial charge on any atom is -0.464 e. The number of carbonyl (C=O) groups is 1. The normalized spacial score (nSPS) is 9.67. The molecular weight excluding hydrogens is 236 g/mol. The van der Waals surface area contributed by atoms with Crippen LogP contribution in [0.25, 0.3) is 0 Å². The molecule has 0 fully saturated rings. The number of aromatic nitrogens is 3. The van der Waals surface area contributed by atoms with Crippen LogP contribution < -0.4 is 5.32 Å². The van der Waals surface area contributed by atoms with Gasteiger partial charge in [0.05, 0.1) is 6.54 Å². The van der Waals surface area contributed by atoms with Crippen molar-refractivity contribution in [3.63, 3.8) is 0 Å². The van der Waals surface area contributed by atoms with Gasteiger partial charge in [0.25, 0.3) is 0 Å². The van der Waals surface area contributed by atoms with Crippen LogP contribution in [0.15, 0.2) is 0 Å². The highest BCUT2D eigenvalue weighted by Gasteiger charge is 1.95. The Hall–Kier alpha value is -1.28. The monoisotopic (exact) mass is 246 g/mol. The first kappa shape index (κ1) is 11.8. The van der Waals surface area contributed by atoms with E-state index in [9.17, 15) is 4.79 Å². The Labute approximate surface area is 96.1 Å². The SMILES string of the molecule is CC(=O)OCCNc1nc(=S)[nH]c(=S)[nH]1. The van der Waals surface area contributed by atoms with E-state index in [1.165, 1.54) is 6.92 Å². The zero-order valence-electron chi connectivity index (χ0n) is 7.99. The Morgan fingerprint density at radius 3 is 2.87 bits per heavy atom. The minimum absolute atomic E-state index is 0.267. The molecule has 0 atom stereocenters. The molecule has 3 N–H and O–H groups in total. The van der Waals surface area contributed by atoms with Crippen LogP contribution >= 0.6 is 24.4 Å². The van der Waals surface area contributed by atoms with Gasteiger partial charge in [0, 0.05) is 6.92 Å². The number of nitrogens with one attached hydrogen (secondary N) is 3. The van der Waals surface area contributed by atoms with Crippen molar-refractivity contribution < 1.29 is 9.53 Å². The van der Waals surface area contributed by atoms with Crippen LogP contribution in [-0.4, -0.2) is 34.1 Å². The van der Waals surface area contributed by atoms with Gasteiger partial charge >= 0.3 is 5.97 Å². The third-order valence-corrected chi connectivity index (χ3v) is 1.76. The van der Waals surface area contributed by atoms with Crippen LogP contribution in [0.5, 0.6) is 0 Å². The van der Waals surface area contributed by atoms with Gasteiger partial charge < -0.3 is 20.0 Å². The van der Waals surface area contributed by atoms with E-state index in [1.54, 1.807) is 0 Å². The lowest BCUT2D eigenvalue weighted by molar-refractivity contribution is -0.140. The molecule has 1 rings (SSSR count). The lowest BCUT2D eigenvalue weighted by Crippen LogP contribution is -2.13. The van der Waals surface area contributed by atoms with E-state index in [1.807, 2.05) is 0 Å². The van der Waals surface area contributed by atoms with Crippen LogP contribution in [0.2, 0.25) is 0 Å². The lowest BCUT2D eigenvalue weighted by atomic mass is 10.6. The number of carbonyl (C=O) groups excluding carboxylic acids is 1. The fourth-order valence-corrected chi connectivity index (χ4v) is 1.29. The number of H-pyrrole nitrogens is 2. The number of anilines is 1. The van der Waals surface area contributed by atoms with Crippen LogP contribution in [-0.2, 0) is 9.53 Å². The Morgan fingerprint density at radius 1 is 1.53 bits per heavy atom. The summed E-state index contributed by atoms with van der Waals surface area (Å²) in [6, 6.07) is 0. The maximum atomic E-state index is 10.5. The zero-order valence-corrected chi connectivity index (χ0v) is 9.63. The van der Waals surface area contributed by atoms with E-state index in [0.717, 1.165) is 0 Å². The average molecular weight is 246 g/mol. The molecule has 1 heterocycles. The van der Waals surface area contributed by atoms with Crippen molar-refractivity contribution in [2.75, 3.05) is 18.5 Å². The highest BCUT2D eigenvalue weighted by atomic mass is 32.1. The summed E-state index contributed by atoms with van der Waals surface area (Å²) in [4.78, 5) is 19.8. The minimum atomic E-state index is -0.317. The Balaban J connectivity index is 2.47. The zero-order chi connectivity index (χ0) is 11.3. The van der Waals surface area contributed by atoms with E-state index in [2.05, 4.69) is 20.3 Å². The van der Waals surface area contributed by atoms with Gasteiger partial charge in [0.1, 0.15) is 6.61 Å². The van der Waals surface area contributed by atoms with E-state index < -0.39 is 0 Å². The summed E-state index contributed by atoms with van der Waals surface area (Å²) in [5.41, 5.74) is 0. The smallest absolute Gasteiger partial charge is 0.302 e. The number of hydrogen-bond donors (Lipinski definition) is 3. The third kappa shape index (κ3) is 4.66. The quantitative estimate of drug-likeness (QED) is 0.420. The third-order valence-electron chi connectivity index (χ3n) is 1.37. The number of nitrogens with zero attached hydrogens (tertiary/aromatic N) is 1. The summed E-state index contributed by atoms with van der Waals surface area (Å²) in [7, 11) is 0. The molecule has 15 heavy (non-hydrogen) atoms. The molecule has 0 unspecified atom stereocenters. The topological polar surface area (TPSA) is 82.8 Å². The second kappa shape index (κ2) is 5.56. The first-order valence-electron chi connectivity index (χ1n) is 4.16. The number of esters is 1. The van der Waals surface area contributed by atoms with Crippen molar-refractivity contribution in [3.05, 3.63) is 9.54 Å². The highest BCUT2D eigenvalue weighted by molar-refractivity contribution is 7.71. The standard InChI is InChI=1S/C7H10N4O2S2/c1-4(12)13-3-2-8-5-9-6(14)11-7(15)10-5/h2-3H2,1H3,(H3,8,9,10,11,14,15). The van der Waals surface area contributed by atoms with Gasteiger partial charge in [-0.3, -0.25) is 4.79 Å². The number of ether oxygens (including phenoxy) is 1. The predicted octanol–water partition coefficient (Wildman–Crippen LogP) is 1.17. The molecule has 0 radical (unpaired) electrons. The Kier molecular flexibility index (Phi) is 4.37. The van der Waals surface area contributed by atoms with Crippen molar-refractivity contribution in [1.29, 1.82) is 0 Å². The van der Waals surface area contributed by atoms with E-state index in [-0.39, 0.29) is 12.6 Å². The second-order valence-electron chi connectivity index (χ2n) is 2.61. The van der Waals surface area contributed by atoms with Crippen LogP contribution in [0.4, 0.5) is 5.95 Å². The molecule has 0 saturated heterocycles. The molecular formula is C7H10N4O2S2. The molecule has 6 nitrogen and oxygen atoms in total. The van der Waals surface area contributed by atoms with Crippen LogP contribution in [0.3, 0.4) is 0 Å². The fraction of sp³-hybridized carbons (Fsp3) is 0.429. The molecule has 0 aliphatic carbocycles. The van der Waals surface area contributed by atoms with Crippen molar-refractivity contribution in [3.8, 4) is 0 Å². The maximum Gasteiger partial charge on any atom is 0.302 e. The van der Waals surface area contributed by atoms with E-state index in [4.69, 9.17) is 29.2 Å². The van der Waals surface area contributed by atoms with Gasteiger partial charge in [0.15, 0.2) is 4.77 Å². The summed E-state index contributed by atoms with van der Waals surface area (Å²) < 4.78 is 5.41. The van der Waals surface area contributed by atoms with Crippen LogP contribution in [0.1, 0.15) is 6.92 Å². The number of rotatable bonds is 4. The molecule has 0 amide bonds. The first-order valence-corrected chi connectivity index (χ1v) is 4.97. The van der Waals surface area contributed by atoms with Crippen molar-refractivity contribution >= 4 is 36.4 Å². The Morgan fingerprint density at radius 2 is 2.27 bits per heavy atom. The molecule has 0 aliphatic rings. The fourth-order valence-electron chi connectivity index (χ4n) is 0.841. The summed E-state index contributed by atoms with van der Waals surface area (Å²) in [5.74, 6) is 0.138. The molecule has 0 saturated carbocycles. The van der Waals surface area contributed by atoms with Gasteiger partial charge in [-0.05, 0) is 24.4 Å². The molecule has 0 spiro atoms. The van der Waals surface area contributed by atoms with Gasteiger partial charge in [0.2, 0.25) is 10.7 Å². The van der Waals surface area contributed by atoms with E-state index >= 15 is 0 Å². The lowest BCUT2D eigenvalue weighted by Gasteiger charge is -2.04. The first-order chi connectivity index (χ1) is 7.08. The molecule has 8 heteroatoms. The summed E-state index contributed by atoms with van der Waals surface area (Å²) >= 11 is 9.69.